The van der Waals surface area contributed by atoms with Gasteiger partial charge in [-0.2, -0.15) is 13.2 Å². The lowest BCUT2D eigenvalue weighted by Crippen LogP contribution is -2.42. The van der Waals surface area contributed by atoms with Crippen molar-refractivity contribution < 1.29 is 41.8 Å². The fraction of sp³-hybridized carbons (Fsp3) is 0.400. The van der Waals surface area contributed by atoms with E-state index in [0.29, 0.717) is 6.07 Å². The summed E-state index contributed by atoms with van der Waals surface area (Å²) in [6.07, 6.45) is -6.96. The molecule has 9 heteroatoms. The van der Waals surface area contributed by atoms with Gasteiger partial charge in [-0.25, -0.2) is 9.59 Å². The highest BCUT2D eigenvalue weighted by Crippen LogP contribution is 2.36. The molecule has 1 aromatic rings. The molecule has 1 aromatic carbocycles. The molecule has 1 atom stereocenters. The number of esters is 2. The number of halogens is 3. The molecule has 0 aliphatic rings. The third-order valence-electron chi connectivity index (χ3n) is 2.65. The highest BCUT2D eigenvalue weighted by Gasteiger charge is 2.40. The van der Waals surface area contributed by atoms with Crippen LogP contribution in [0.4, 0.5) is 13.2 Å². The van der Waals surface area contributed by atoms with E-state index < -0.39 is 41.3 Å². The summed E-state index contributed by atoms with van der Waals surface area (Å²) < 4.78 is 52.8. The van der Waals surface area contributed by atoms with Gasteiger partial charge in [-0.05, 0) is 26.0 Å². The Morgan fingerprint density at radius 1 is 1.04 bits per heavy atom. The van der Waals surface area contributed by atoms with Crippen LogP contribution < -0.4 is 4.74 Å². The Kier molecular flexibility index (Phi) is 6.75. The minimum Gasteiger partial charge on any atom is -0.469 e. The van der Waals surface area contributed by atoms with Gasteiger partial charge in [-0.1, -0.05) is 12.1 Å². The van der Waals surface area contributed by atoms with Gasteiger partial charge in [0.05, 0.1) is 18.8 Å². The number of Topliss-reactive ketones (excluding diaryl/α,β-unsaturated/α-hetero) is 1. The van der Waals surface area contributed by atoms with E-state index in [1.54, 1.807) is 0 Å². The van der Waals surface area contributed by atoms with Crippen LogP contribution in [0.2, 0.25) is 0 Å². The van der Waals surface area contributed by atoms with Crippen molar-refractivity contribution in [2.24, 2.45) is 0 Å². The average molecular weight is 348 g/mol. The molecule has 6 nitrogen and oxygen atoms in total. The molecule has 0 heterocycles. The quantitative estimate of drug-likeness (QED) is 0.427. The summed E-state index contributed by atoms with van der Waals surface area (Å²) in [5, 5.41) is 0. The Morgan fingerprint density at radius 3 is 2.17 bits per heavy atom. The van der Waals surface area contributed by atoms with Crippen LogP contribution in [-0.2, 0) is 30.0 Å². The summed E-state index contributed by atoms with van der Waals surface area (Å²) in [6, 6.07) is 3.98. The largest absolute Gasteiger partial charge is 0.469 e. The summed E-state index contributed by atoms with van der Waals surface area (Å²) in [7, 11) is 0. The highest BCUT2D eigenvalue weighted by molar-refractivity contribution is 6.39. The molecule has 0 amide bonds. The van der Waals surface area contributed by atoms with E-state index >= 15 is 0 Å². The molecule has 0 bridgehead atoms. The van der Waals surface area contributed by atoms with Crippen molar-refractivity contribution in [1.29, 1.82) is 0 Å². The minimum absolute atomic E-state index is 0.154. The van der Waals surface area contributed by atoms with Crippen molar-refractivity contribution in [3.8, 4) is 5.75 Å². The number of ether oxygens (including phenoxy) is 3. The van der Waals surface area contributed by atoms with Crippen LogP contribution in [-0.4, -0.2) is 37.0 Å². The normalized spacial score (nSPS) is 12.2. The number of rotatable bonds is 7. The van der Waals surface area contributed by atoms with Crippen LogP contribution in [0, 0.1) is 0 Å². The van der Waals surface area contributed by atoms with Crippen LogP contribution in [0.5, 0.6) is 5.75 Å². The van der Waals surface area contributed by atoms with Crippen molar-refractivity contribution in [3.63, 3.8) is 0 Å². The first-order valence-corrected chi connectivity index (χ1v) is 6.92. The van der Waals surface area contributed by atoms with Gasteiger partial charge in [-0.3, -0.25) is 4.79 Å². The molecular weight excluding hydrogens is 333 g/mol. The summed E-state index contributed by atoms with van der Waals surface area (Å²) in [4.78, 5) is 35.2. The van der Waals surface area contributed by atoms with Gasteiger partial charge >= 0.3 is 18.1 Å². The van der Waals surface area contributed by atoms with Crippen molar-refractivity contribution in [3.05, 3.63) is 29.8 Å². The minimum atomic E-state index is -4.78. The summed E-state index contributed by atoms with van der Waals surface area (Å²) in [6.45, 7) is 2.53. The van der Waals surface area contributed by atoms with Crippen molar-refractivity contribution in [1.82, 2.24) is 0 Å². The van der Waals surface area contributed by atoms with E-state index in [2.05, 4.69) is 9.47 Å². The topological polar surface area (TPSA) is 78.9 Å². The van der Waals surface area contributed by atoms with Crippen molar-refractivity contribution >= 4 is 17.7 Å². The van der Waals surface area contributed by atoms with E-state index in [4.69, 9.17) is 4.74 Å². The monoisotopic (exact) mass is 348 g/mol. The molecule has 1 unspecified atom stereocenters. The van der Waals surface area contributed by atoms with Gasteiger partial charge in [0.2, 0.25) is 0 Å². The SMILES string of the molecule is CCOC(=O)C(=O)C(Oc1ccccc1C(F)(F)F)C(=O)OCC. The molecule has 0 aromatic heterocycles. The third-order valence-corrected chi connectivity index (χ3v) is 2.65. The predicted molar refractivity (Wildman–Crippen MR) is 74.1 cm³/mol. The zero-order valence-electron chi connectivity index (χ0n) is 12.9. The molecule has 1 rings (SSSR count). The van der Waals surface area contributed by atoms with E-state index in [0.717, 1.165) is 12.1 Å². The zero-order valence-corrected chi connectivity index (χ0v) is 12.9. The lowest BCUT2D eigenvalue weighted by atomic mass is 10.1. The van der Waals surface area contributed by atoms with Gasteiger partial charge in [0.15, 0.2) is 0 Å². The van der Waals surface area contributed by atoms with Crippen LogP contribution in [0.15, 0.2) is 24.3 Å². The summed E-state index contributed by atoms with van der Waals surface area (Å²) in [5.74, 6) is -4.92. The first kappa shape index (κ1) is 19.5. The van der Waals surface area contributed by atoms with E-state index in [9.17, 15) is 27.6 Å². The first-order valence-electron chi connectivity index (χ1n) is 6.92. The Bertz CT molecular complexity index is 611. The Balaban J connectivity index is 3.17. The standard InChI is InChI=1S/C15H15F3O6/c1-3-22-13(20)11(19)12(14(21)23-4-2)24-10-8-6-5-7-9(10)15(16,17)18/h5-8,12H,3-4H2,1-2H3. The molecule has 0 saturated carbocycles. The fourth-order valence-electron chi connectivity index (χ4n) is 1.67. The average Bonchev–Trinajstić information content (AvgIpc) is 2.51. The number of carbonyl (C=O) groups excluding carboxylic acids is 3. The highest BCUT2D eigenvalue weighted by atomic mass is 19.4. The molecule has 0 N–H and O–H groups in total. The predicted octanol–water partition coefficient (Wildman–Crippen LogP) is 2.15. The van der Waals surface area contributed by atoms with Crippen molar-refractivity contribution in [2.75, 3.05) is 13.2 Å². The third kappa shape index (κ3) is 4.97. The second-order valence-electron chi connectivity index (χ2n) is 4.33. The Hall–Kier alpha value is -2.58. The molecule has 0 spiro atoms. The van der Waals surface area contributed by atoms with Crippen LogP contribution in [0.3, 0.4) is 0 Å². The number of ketones is 1. The second-order valence-corrected chi connectivity index (χ2v) is 4.33. The molecule has 24 heavy (non-hydrogen) atoms. The maximum Gasteiger partial charge on any atom is 0.419 e. The smallest absolute Gasteiger partial charge is 0.419 e. The van der Waals surface area contributed by atoms with Gasteiger partial charge < -0.3 is 14.2 Å². The number of para-hydroxylation sites is 1. The molecule has 132 valence electrons. The van der Waals surface area contributed by atoms with Crippen LogP contribution in [0.25, 0.3) is 0 Å². The first-order chi connectivity index (χ1) is 11.2. The number of benzene rings is 1. The zero-order chi connectivity index (χ0) is 18.3. The molecule has 0 fully saturated rings. The maximum absolute atomic E-state index is 13.0. The molecule has 0 aliphatic carbocycles. The molecule has 0 radical (unpaired) electrons. The summed E-state index contributed by atoms with van der Waals surface area (Å²) >= 11 is 0. The number of carbonyl (C=O) groups is 3. The number of hydrogen-bond donors (Lipinski definition) is 0. The molecular formula is C15H15F3O6. The van der Waals surface area contributed by atoms with Crippen LogP contribution >= 0.6 is 0 Å². The van der Waals surface area contributed by atoms with Crippen LogP contribution in [0.1, 0.15) is 19.4 Å². The van der Waals surface area contributed by atoms with Gasteiger partial charge in [0, 0.05) is 0 Å². The van der Waals surface area contributed by atoms with Crippen molar-refractivity contribution in [2.45, 2.75) is 26.1 Å². The molecule has 0 saturated heterocycles. The van der Waals surface area contributed by atoms with E-state index in [1.165, 1.54) is 19.9 Å². The number of alkyl halides is 3. The lowest BCUT2D eigenvalue weighted by molar-refractivity contribution is -0.165. The second kappa shape index (κ2) is 8.32. The fourth-order valence-corrected chi connectivity index (χ4v) is 1.67. The lowest BCUT2D eigenvalue weighted by Gasteiger charge is -2.19. The van der Waals surface area contributed by atoms with Gasteiger partial charge in [0.25, 0.3) is 11.9 Å². The Morgan fingerprint density at radius 2 is 1.62 bits per heavy atom. The maximum atomic E-state index is 13.0. The van der Waals surface area contributed by atoms with Gasteiger partial charge in [0.1, 0.15) is 5.75 Å². The molecule has 0 aliphatic heterocycles. The van der Waals surface area contributed by atoms with E-state index in [1.807, 2.05) is 0 Å². The van der Waals surface area contributed by atoms with E-state index in [-0.39, 0.29) is 13.2 Å². The van der Waals surface area contributed by atoms with Gasteiger partial charge in [-0.15, -0.1) is 0 Å². The number of hydrogen-bond acceptors (Lipinski definition) is 6. The summed E-state index contributed by atoms with van der Waals surface area (Å²) in [5.41, 5.74) is -1.20. The Labute approximate surface area is 135 Å².